The van der Waals surface area contributed by atoms with Gasteiger partial charge in [0.2, 0.25) is 5.91 Å². The van der Waals surface area contributed by atoms with Gasteiger partial charge in [-0.1, -0.05) is 23.7 Å². The number of hydrogen-bond acceptors (Lipinski definition) is 5. The fourth-order valence-corrected chi connectivity index (χ4v) is 2.92. The van der Waals surface area contributed by atoms with Crippen molar-refractivity contribution in [1.82, 2.24) is 25.1 Å². The van der Waals surface area contributed by atoms with Gasteiger partial charge in [-0.3, -0.25) is 9.59 Å². The highest BCUT2D eigenvalue weighted by atomic mass is 35.5. The zero-order chi connectivity index (χ0) is 16.4. The van der Waals surface area contributed by atoms with Crippen molar-refractivity contribution >= 4 is 23.5 Å². The number of amides is 1. The minimum atomic E-state index is -0.914. The lowest BCUT2D eigenvalue weighted by molar-refractivity contribution is -0.141. The molecule has 2 heterocycles. The van der Waals surface area contributed by atoms with Crippen LogP contribution in [-0.2, 0) is 16.1 Å². The number of carbonyl (C=O) groups excluding carboxylic acids is 1. The van der Waals surface area contributed by atoms with E-state index in [-0.39, 0.29) is 24.9 Å². The summed E-state index contributed by atoms with van der Waals surface area (Å²) in [4.78, 5) is 25.4. The molecule has 23 heavy (non-hydrogen) atoms. The number of likely N-dealkylation sites (tertiary alicyclic amines) is 1. The van der Waals surface area contributed by atoms with Crippen LogP contribution in [0.3, 0.4) is 0 Å². The van der Waals surface area contributed by atoms with E-state index in [9.17, 15) is 14.7 Å². The van der Waals surface area contributed by atoms with Crippen LogP contribution in [0.4, 0.5) is 0 Å². The Labute approximate surface area is 136 Å². The van der Waals surface area contributed by atoms with Crippen LogP contribution >= 0.6 is 11.6 Å². The zero-order valence-electron chi connectivity index (χ0n) is 12.0. The second kappa shape index (κ2) is 6.33. The molecule has 1 aromatic carbocycles. The molecule has 0 aliphatic carbocycles. The zero-order valence-corrected chi connectivity index (χ0v) is 12.8. The van der Waals surface area contributed by atoms with Gasteiger partial charge in [0.15, 0.2) is 0 Å². The van der Waals surface area contributed by atoms with Gasteiger partial charge in [-0.2, -0.15) is 0 Å². The molecule has 3 rings (SSSR count). The molecule has 2 atom stereocenters. The van der Waals surface area contributed by atoms with E-state index in [4.69, 9.17) is 11.6 Å². The van der Waals surface area contributed by atoms with Gasteiger partial charge >= 0.3 is 5.97 Å². The molecule has 1 saturated heterocycles. The van der Waals surface area contributed by atoms with Gasteiger partial charge in [0.25, 0.3) is 0 Å². The summed E-state index contributed by atoms with van der Waals surface area (Å²) in [5.41, 5.74) is 0.861. The second-order valence-electron chi connectivity index (χ2n) is 5.41. The van der Waals surface area contributed by atoms with E-state index < -0.39 is 11.9 Å². The second-order valence-corrected chi connectivity index (χ2v) is 5.85. The Kier molecular flexibility index (Phi) is 4.24. The van der Waals surface area contributed by atoms with Crippen LogP contribution < -0.4 is 0 Å². The summed E-state index contributed by atoms with van der Waals surface area (Å²) < 4.78 is 1.31. The smallest absolute Gasteiger partial charge is 0.308 e. The number of nitrogens with zero attached hydrogens (tertiary/aromatic N) is 5. The van der Waals surface area contributed by atoms with E-state index >= 15 is 0 Å². The molecular formula is C14H14ClN5O3. The Hall–Kier alpha value is -2.48. The highest BCUT2D eigenvalue weighted by molar-refractivity contribution is 6.30. The Balaban J connectivity index is 1.76. The predicted octanol–water partition coefficient (Wildman–Crippen LogP) is 0.653. The first-order valence-electron chi connectivity index (χ1n) is 7.01. The first-order chi connectivity index (χ1) is 11.0. The quantitative estimate of drug-likeness (QED) is 0.880. The number of carboxylic acids is 1. The maximum absolute atomic E-state index is 12.3. The maximum Gasteiger partial charge on any atom is 0.308 e. The Morgan fingerprint density at radius 3 is 2.61 bits per heavy atom. The maximum atomic E-state index is 12.3. The third kappa shape index (κ3) is 3.31. The van der Waals surface area contributed by atoms with Gasteiger partial charge in [-0.05, 0) is 28.1 Å². The summed E-state index contributed by atoms with van der Waals surface area (Å²) >= 11 is 5.87. The van der Waals surface area contributed by atoms with Crippen molar-refractivity contribution < 1.29 is 14.7 Å². The average Bonchev–Trinajstić information content (AvgIpc) is 3.17. The Morgan fingerprint density at radius 2 is 2.00 bits per heavy atom. The standard InChI is InChI=1S/C14H14ClN5O3/c15-10-3-1-9(2-4-10)11-5-19(6-12(11)14(22)23)13(21)7-20-8-16-17-18-20/h1-4,8,11-12H,5-7H2,(H,22,23)/t11-,12+/m0/s1. The number of halogens is 1. The minimum Gasteiger partial charge on any atom is -0.481 e. The van der Waals surface area contributed by atoms with E-state index in [0.717, 1.165) is 5.56 Å². The van der Waals surface area contributed by atoms with Gasteiger partial charge in [0.1, 0.15) is 12.9 Å². The number of benzene rings is 1. The monoisotopic (exact) mass is 335 g/mol. The number of tetrazole rings is 1. The molecule has 1 aliphatic heterocycles. The molecule has 9 heteroatoms. The van der Waals surface area contributed by atoms with Crippen molar-refractivity contribution in [2.24, 2.45) is 5.92 Å². The van der Waals surface area contributed by atoms with Crippen LogP contribution in [-0.4, -0.2) is 55.2 Å². The van der Waals surface area contributed by atoms with Crippen molar-refractivity contribution in [3.05, 3.63) is 41.2 Å². The molecule has 0 bridgehead atoms. The lowest BCUT2D eigenvalue weighted by Crippen LogP contribution is -2.33. The third-order valence-electron chi connectivity index (χ3n) is 3.98. The summed E-state index contributed by atoms with van der Waals surface area (Å²) in [6, 6.07) is 7.05. The number of hydrogen-bond donors (Lipinski definition) is 1. The number of aliphatic carboxylic acids is 1. The normalized spacial score (nSPS) is 20.7. The topological polar surface area (TPSA) is 101 Å². The van der Waals surface area contributed by atoms with Crippen LogP contribution in [0.5, 0.6) is 0 Å². The molecule has 0 radical (unpaired) electrons. The molecule has 8 nitrogen and oxygen atoms in total. The summed E-state index contributed by atoms with van der Waals surface area (Å²) in [6.07, 6.45) is 1.35. The van der Waals surface area contributed by atoms with Crippen LogP contribution in [0.25, 0.3) is 0 Å². The molecule has 1 amide bonds. The van der Waals surface area contributed by atoms with Gasteiger partial charge in [0.05, 0.1) is 5.92 Å². The number of rotatable bonds is 4. The van der Waals surface area contributed by atoms with Crippen molar-refractivity contribution in [3.63, 3.8) is 0 Å². The lowest BCUT2D eigenvalue weighted by atomic mass is 9.89. The fourth-order valence-electron chi connectivity index (χ4n) is 2.80. The average molecular weight is 336 g/mol. The van der Waals surface area contributed by atoms with Crippen molar-refractivity contribution in [2.45, 2.75) is 12.5 Å². The van der Waals surface area contributed by atoms with E-state index in [0.29, 0.717) is 11.6 Å². The summed E-state index contributed by atoms with van der Waals surface area (Å²) in [6.45, 7) is 0.510. The first-order valence-corrected chi connectivity index (χ1v) is 7.39. The minimum absolute atomic E-state index is 0.00727. The highest BCUT2D eigenvalue weighted by Gasteiger charge is 2.40. The molecule has 1 aromatic heterocycles. The lowest BCUT2D eigenvalue weighted by Gasteiger charge is -2.16. The molecule has 1 N–H and O–H groups in total. The molecule has 1 aliphatic rings. The summed E-state index contributed by atoms with van der Waals surface area (Å²) in [5, 5.41) is 20.6. The molecular weight excluding hydrogens is 322 g/mol. The van der Waals surface area contributed by atoms with Crippen molar-refractivity contribution in [1.29, 1.82) is 0 Å². The van der Waals surface area contributed by atoms with Crippen LogP contribution in [0.15, 0.2) is 30.6 Å². The molecule has 0 saturated carbocycles. The van der Waals surface area contributed by atoms with Gasteiger partial charge in [-0.15, -0.1) is 5.10 Å². The SMILES string of the molecule is O=C(O)[C@@H]1CN(C(=O)Cn2cnnn2)C[C@H]1c1ccc(Cl)cc1. The first kappa shape index (κ1) is 15.4. The van der Waals surface area contributed by atoms with Gasteiger partial charge < -0.3 is 10.0 Å². The molecule has 120 valence electrons. The van der Waals surface area contributed by atoms with E-state index in [1.54, 1.807) is 29.2 Å². The van der Waals surface area contributed by atoms with Gasteiger partial charge in [-0.25, -0.2) is 4.68 Å². The molecule has 2 aromatic rings. The summed E-state index contributed by atoms with van der Waals surface area (Å²) in [7, 11) is 0. The van der Waals surface area contributed by atoms with E-state index in [1.165, 1.54) is 11.0 Å². The number of carboxylic acid groups (broad SMARTS) is 1. The van der Waals surface area contributed by atoms with E-state index in [1.807, 2.05) is 0 Å². The summed E-state index contributed by atoms with van der Waals surface area (Å²) in [5.74, 6) is -2.03. The van der Waals surface area contributed by atoms with E-state index in [2.05, 4.69) is 15.5 Å². The molecule has 0 spiro atoms. The number of aromatic nitrogens is 4. The van der Waals surface area contributed by atoms with Crippen LogP contribution in [0.1, 0.15) is 11.5 Å². The Morgan fingerprint density at radius 1 is 1.26 bits per heavy atom. The molecule has 0 unspecified atom stereocenters. The predicted molar refractivity (Wildman–Crippen MR) is 79.7 cm³/mol. The van der Waals surface area contributed by atoms with Crippen molar-refractivity contribution in [3.8, 4) is 0 Å². The fraction of sp³-hybridized carbons (Fsp3) is 0.357. The highest BCUT2D eigenvalue weighted by Crippen LogP contribution is 2.33. The van der Waals surface area contributed by atoms with Crippen LogP contribution in [0, 0.1) is 5.92 Å². The Bertz CT molecular complexity index is 704. The van der Waals surface area contributed by atoms with Crippen molar-refractivity contribution in [2.75, 3.05) is 13.1 Å². The third-order valence-corrected chi connectivity index (χ3v) is 4.23. The number of carbonyl (C=O) groups is 2. The van der Waals surface area contributed by atoms with Gasteiger partial charge in [0, 0.05) is 24.0 Å². The largest absolute Gasteiger partial charge is 0.481 e. The molecule has 1 fully saturated rings. The van der Waals surface area contributed by atoms with Crippen LogP contribution in [0.2, 0.25) is 5.02 Å².